The molecule has 0 N–H and O–H groups in total. The Morgan fingerprint density at radius 3 is 1.69 bits per heavy atom. The maximum Gasteiger partial charge on any atom is 0.418 e. The number of para-hydroxylation sites is 3. The lowest BCUT2D eigenvalue weighted by molar-refractivity contribution is -0.137. The van der Waals surface area contributed by atoms with E-state index >= 15 is 13.2 Å². The number of aromatic nitrogens is 4. The molecular weight excluding hydrogens is 698 g/mol. The highest BCUT2D eigenvalue weighted by molar-refractivity contribution is 6.20. The van der Waals surface area contributed by atoms with E-state index in [1.54, 1.807) is 16.7 Å². The second-order valence-corrected chi connectivity index (χ2v) is 13.5. The summed E-state index contributed by atoms with van der Waals surface area (Å²) in [5.41, 5.74) is 3.43. The number of hydrogen-bond acceptors (Lipinski definition) is 5. The van der Waals surface area contributed by atoms with Crippen LogP contribution in [0.5, 0.6) is 0 Å². The number of hydrogen-bond donors (Lipinski definition) is 0. The van der Waals surface area contributed by atoms with E-state index < -0.39 is 11.7 Å². The molecular formula is C46H25F3N4O2. The number of benzene rings is 7. The Hall–Kier alpha value is -7.26. The lowest BCUT2D eigenvalue weighted by atomic mass is 9.99. The molecule has 0 saturated carbocycles. The van der Waals surface area contributed by atoms with Crippen LogP contribution in [0.3, 0.4) is 0 Å². The zero-order chi connectivity index (χ0) is 36.8. The van der Waals surface area contributed by atoms with Crippen molar-refractivity contribution in [3.05, 3.63) is 157 Å². The molecule has 0 bridgehead atoms. The van der Waals surface area contributed by atoms with E-state index in [0.717, 1.165) is 21.5 Å². The van der Waals surface area contributed by atoms with Crippen molar-refractivity contribution >= 4 is 65.7 Å². The van der Waals surface area contributed by atoms with Gasteiger partial charge in [-0.05, 0) is 30.3 Å². The average molecular weight is 723 g/mol. The highest BCUT2D eigenvalue weighted by Gasteiger charge is 2.39. The van der Waals surface area contributed by atoms with Gasteiger partial charge in [-0.25, -0.2) is 15.0 Å². The maximum atomic E-state index is 15.9. The minimum Gasteiger partial charge on any atom is -0.456 e. The van der Waals surface area contributed by atoms with Gasteiger partial charge in [0.2, 0.25) is 0 Å². The minimum atomic E-state index is -4.82. The predicted octanol–water partition coefficient (Wildman–Crippen LogP) is 12.8. The monoisotopic (exact) mass is 722 g/mol. The van der Waals surface area contributed by atoms with Crippen molar-refractivity contribution in [1.82, 2.24) is 19.5 Å². The Balaban J connectivity index is 1.29. The first kappa shape index (κ1) is 31.3. The van der Waals surface area contributed by atoms with Crippen molar-refractivity contribution in [1.29, 1.82) is 0 Å². The summed E-state index contributed by atoms with van der Waals surface area (Å²) in [4.78, 5) is 14.5. The SMILES string of the molecule is FC(F)(F)c1cc(-c2nc(-c3ccccc3)nc(-c3ccccc3)n2)c2c(oc3ccccc32)c1-n1c2ccccc2c2cc3c(cc21)oc1ccccc13. The van der Waals surface area contributed by atoms with Gasteiger partial charge in [-0.2, -0.15) is 13.2 Å². The van der Waals surface area contributed by atoms with Crippen LogP contribution >= 0.6 is 0 Å². The molecule has 4 heterocycles. The average Bonchev–Trinajstić information content (AvgIpc) is 3.89. The number of furan rings is 2. The van der Waals surface area contributed by atoms with Crippen LogP contribution in [0.25, 0.3) is 106 Å². The van der Waals surface area contributed by atoms with Gasteiger partial charge in [-0.1, -0.05) is 115 Å². The maximum absolute atomic E-state index is 15.9. The topological polar surface area (TPSA) is 69.9 Å². The van der Waals surface area contributed by atoms with Crippen LogP contribution in [-0.4, -0.2) is 19.5 Å². The summed E-state index contributed by atoms with van der Waals surface area (Å²) >= 11 is 0. The molecule has 4 aromatic heterocycles. The number of halogens is 3. The van der Waals surface area contributed by atoms with Crippen LogP contribution in [-0.2, 0) is 6.18 Å². The number of alkyl halides is 3. The molecule has 0 spiro atoms. The summed E-state index contributed by atoms with van der Waals surface area (Å²) in [6, 6.07) is 46.1. The molecule has 0 radical (unpaired) electrons. The Labute approximate surface area is 309 Å². The van der Waals surface area contributed by atoms with Gasteiger partial charge in [-0.15, -0.1) is 0 Å². The van der Waals surface area contributed by atoms with E-state index in [1.165, 1.54) is 6.07 Å². The van der Waals surface area contributed by atoms with Crippen molar-refractivity contribution in [2.45, 2.75) is 6.18 Å². The number of fused-ring (bicyclic) bond motifs is 9. The summed E-state index contributed by atoms with van der Waals surface area (Å²) in [5, 5.41) is 4.48. The molecule has 0 aliphatic carbocycles. The molecule has 6 nitrogen and oxygen atoms in total. The summed E-state index contributed by atoms with van der Waals surface area (Å²) in [7, 11) is 0. The largest absolute Gasteiger partial charge is 0.456 e. The van der Waals surface area contributed by atoms with Gasteiger partial charge in [0, 0.05) is 55.1 Å². The molecule has 0 unspecified atom stereocenters. The quantitative estimate of drug-likeness (QED) is 0.181. The fraction of sp³-hybridized carbons (Fsp3) is 0.0217. The van der Waals surface area contributed by atoms with Gasteiger partial charge < -0.3 is 13.4 Å². The third kappa shape index (κ3) is 4.79. The van der Waals surface area contributed by atoms with Gasteiger partial charge in [0.25, 0.3) is 0 Å². The van der Waals surface area contributed by atoms with Gasteiger partial charge in [-0.3, -0.25) is 0 Å². The van der Waals surface area contributed by atoms with Gasteiger partial charge in [0.05, 0.1) is 16.6 Å². The molecule has 0 fully saturated rings. The summed E-state index contributed by atoms with van der Waals surface area (Å²) < 4.78 is 62.1. The van der Waals surface area contributed by atoms with E-state index in [-0.39, 0.29) is 22.7 Å². The van der Waals surface area contributed by atoms with Crippen molar-refractivity contribution in [2.75, 3.05) is 0 Å². The van der Waals surface area contributed by atoms with E-state index in [2.05, 4.69) is 0 Å². The normalized spacial score (nSPS) is 12.3. The molecule has 0 saturated heterocycles. The Bertz CT molecular complexity index is 3250. The number of rotatable bonds is 4. The second-order valence-electron chi connectivity index (χ2n) is 13.5. The Morgan fingerprint density at radius 2 is 1.02 bits per heavy atom. The fourth-order valence-corrected chi connectivity index (χ4v) is 7.86. The van der Waals surface area contributed by atoms with Crippen molar-refractivity contribution in [3.8, 4) is 39.9 Å². The van der Waals surface area contributed by atoms with E-state index in [9.17, 15) is 0 Å². The standard InChI is InChI=1S/C46H25F3N4O2/c47-46(48,49)34-24-33(45-51-43(26-13-3-1-4-14-26)50-44(52-45)27-15-5-2-6-16-27)40-30-19-9-12-22-38(30)55-42(40)41(34)53-35-20-10-7-17-28(35)31-23-32-29-18-8-11-21-37(29)54-39(32)25-36(31)53/h1-25H. The predicted molar refractivity (Wildman–Crippen MR) is 210 cm³/mol. The van der Waals surface area contributed by atoms with Gasteiger partial charge in [0.15, 0.2) is 23.1 Å². The molecule has 11 rings (SSSR count). The Morgan fingerprint density at radius 1 is 0.455 bits per heavy atom. The lowest BCUT2D eigenvalue weighted by Crippen LogP contribution is -2.12. The first-order valence-electron chi connectivity index (χ1n) is 17.7. The van der Waals surface area contributed by atoms with Crippen LogP contribution in [0, 0.1) is 0 Å². The van der Waals surface area contributed by atoms with Crippen LogP contribution in [0.15, 0.2) is 160 Å². The molecule has 262 valence electrons. The van der Waals surface area contributed by atoms with Crippen LogP contribution in [0.4, 0.5) is 13.2 Å². The molecule has 9 heteroatoms. The zero-order valence-electron chi connectivity index (χ0n) is 28.7. The van der Waals surface area contributed by atoms with E-state index in [0.29, 0.717) is 61.3 Å². The number of nitrogens with zero attached hydrogens (tertiary/aromatic N) is 4. The molecule has 0 atom stereocenters. The highest BCUT2D eigenvalue weighted by atomic mass is 19.4. The zero-order valence-corrected chi connectivity index (χ0v) is 28.7. The molecule has 11 aromatic rings. The van der Waals surface area contributed by atoms with Gasteiger partial charge in [0.1, 0.15) is 22.4 Å². The molecule has 7 aromatic carbocycles. The lowest BCUT2D eigenvalue weighted by Gasteiger charge is -2.18. The van der Waals surface area contributed by atoms with Crippen molar-refractivity contribution in [3.63, 3.8) is 0 Å². The van der Waals surface area contributed by atoms with Crippen LogP contribution in [0.2, 0.25) is 0 Å². The first-order chi connectivity index (χ1) is 26.9. The second kappa shape index (κ2) is 11.6. The molecule has 0 aliphatic rings. The third-order valence-electron chi connectivity index (χ3n) is 10.3. The highest BCUT2D eigenvalue weighted by Crippen LogP contribution is 2.48. The minimum absolute atomic E-state index is 0.0568. The van der Waals surface area contributed by atoms with Crippen molar-refractivity contribution in [2.24, 2.45) is 0 Å². The molecule has 0 aliphatic heterocycles. The Kier molecular flexibility index (Phi) is 6.61. The summed E-state index contributed by atoms with van der Waals surface area (Å²) in [6.45, 7) is 0. The smallest absolute Gasteiger partial charge is 0.418 e. The van der Waals surface area contributed by atoms with Crippen LogP contribution in [0.1, 0.15) is 5.56 Å². The first-order valence-corrected chi connectivity index (χ1v) is 17.7. The summed E-state index contributed by atoms with van der Waals surface area (Å²) in [5.74, 6) is 0.757. The van der Waals surface area contributed by atoms with Gasteiger partial charge >= 0.3 is 6.18 Å². The van der Waals surface area contributed by atoms with Crippen molar-refractivity contribution < 1.29 is 22.0 Å². The van der Waals surface area contributed by atoms with Crippen LogP contribution < -0.4 is 0 Å². The fourth-order valence-electron chi connectivity index (χ4n) is 7.86. The summed E-state index contributed by atoms with van der Waals surface area (Å²) in [6.07, 6.45) is -4.82. The van der Waals surface area contributed by atoms with E-state index in [4.69, 9.17) is 23.8 Å². The van der Waals surface area contributed by atoms with E-state index in [1.807, 2.05) is 133 Å². The molecule has 0 amide bonds. The molecule has 55 heavy (non-hydrogen) atoms. The third-order valence-corrected chi connectivity index (χ3v) is 10.3.